The fourth-order valence-electron chi connectivity index (χ4n) is 1.53. The van der Waals surface area contributed by atoms with Crippen molar-refractivity contribution in [2.45, 2.75) is 13.3 Å². The summed E-state index contributed by atoms with van der Waals surface area (Å²) in [5.41, 5.74) is 2.53. The van der Waals surface area contributed by atoms with Gasteiger partial charge >= 0.3 is 0 Å². The van der Waals surface area contributed by atoms with E-state index < -0.39 is 0 Å². The second-order valence-electron chi connectivity index (χ2n) is 3.39. The van der Waals surface area contributed by atoms with E-state index in [9.17, 15) is 0 Å². The maximum Gasteiger partial charge on any atom is 0.0409 e. The summed E-state index contributed by atoms with van der Waals surface area (Å²) in [7, 11) is 0. The Morgan fingerprint density at radius 2 is 2.27 bits per heavy atom. The van der Waals surface area contributed by atoms with E-state index in [0.717, 1.165) is 13.0 Å². The molecule has 3 heteroatoms. The van der Waals surface area contributed by atoms with Gasteiger partial charge in [0.2, 0.25) is 0 Å². The van der Waals surface area contributed by atoms with Crippen LogP contribution in [0, 0.1) is 0 Å². The average molecular weight is 218 g/mol. The third kappa shape index (κ3) is 2.80. The quantitative estimate of drug-likeness (QED) is 0.852. The number of hydrogen-bond acceptors (Lipinski definition) is 3. The van der Waals surface area contributed by atoms with Crippen molar-refractivity contribution in [2.24, 2.45) is 0 Å². The molecule has 2 nitrogen and oxygen atoms in total. The highest BCUT2D eigenvalue weighted by Crippen LogP contribution is 2.16. The number of rotatable bonds is 4. The van der Waals surface area contributed by atoms with E-state index in [1.807, 2.05) is 6.20 Å². The molecule has 0 atom stereocenters. The topological polar surface area (TPSA) is 24.9 Å². The molecular weight excluding hydrogens is 204 g/mol. The van der Waals surface area contributed by atoms with Gasteiger partial charge in [-0.3, -0.25) is 0 Å². The molecular formula is C12H14N2S. The standard InChI is InChI=1S/C12H14N2S/c1-2-13-11-5-3-4-10(8-11)9-12-6-7-14-15-12/h3-8,13H,2,9H2,1H3. The molecule has 1 aromatic heterocycles. The van der Waals surface area contributed by atoms with Crippen LogP contribution in [0.15, 0.2) is 36.5 Å². The molecule has 0 saturated heterocycles. The zero-order chi connectivity index (χ0) is 10.5. The molecule has 0 aliphatic rings. The van der Waals surface area contributed by atoms with Crippen LogP contribution in [0.4, 0.5) is 5.69 Å². The lowest BCUT2D eigenvalue weighted by Gasteiger charge is -2.05. The van der Waals surface area contributed by atoms with Gasteiger partial charge in [-0.25, -0.2) is 4.37 Å². The first-order valence-corrected chi connectivity index (χ1v) is 5.88. The van der Waals surface area contributed by atoms with Crippen molar-refractivity contribution in [3.8, 4) is 0 Å². The Hall–Kier alpha value is -1.35. The van der Waals surface area contributed by atoms with Crippen molar-refractivity contribution in [3.63, 3.8) is 0 Å². The minimum Gasteiger partial charge on any atom is -0.385 e. The van der Waals surface area contributed by atoms with Crippen LogP contribution in [-0.2, 0) is 6.42 Å². The number of aromatic nitrogens is 1. The minimum absolute atomic E-state index is 0.962. The monoisotopic (exact) mass is 218 g/mol. The highest BCUT2D eigenvalue weighted by molar-refractivity contribution is 7.05. The Labute approximate surface area is 94.1 Å². The molecule has 0 bridgehead atoms. The Balaban J connectivity index is 2.11. The Morgan fingerprint density at radius 1 is 1.33 bits per heavy atom. The Morgan fingerprint density at radius 3 is 3.00 bits per heavy atom. The fourth-order valence-corrected chi connectivity index (χ4v) is 2.14. The highest BCUT2D eigenvalue weighted by atomic mass is 32.1. The molecule has 0 unspecified atom stereocenters. The number of benzene rings is 1. The van der Waals surface area contributed by atoms with Crippen LogP contribution in [0.5, 0.6) is 0 Å². The van der Waals surface area contributed by atoms with Gasteiger partial charge in [0.15, 0.2) is 0 Å². The van der Waals surface area contributed by atoms with E-state index in [-0.39, 0.29) is 0 Å². The molecule has 0 aliphatic carbocycles. The van der Waals surface area contributed by atoms with Crippen molar-refractivity contribution < 1.29 is 0 Å². The summed E-state index contributed by atoms with van der Waals surface area (Å²) >= 11 is 1.57. The van der Waals surface area contributed by atoms with Gasteiger partial charge in [0.05, 0.1) is 0 Å². The molecule has 0 saturated carbocycles. The van der Waals surface area contributed by atoms with Crippen molar-refractivity contribution in [2.75, 3.05) is 11.9 Å². The number of anilines is 1. The number of nitrogens with one attached hydrogen (secondary N) is 1. The zero-order valence-corrected chi connectivity index (χ0v) is 9.55. The number of hydrogen-bond donors (Lipinski definition) is 1. The van der Waals surface area contributed by atoms with Gasteiger partial charge in [-0.2, -0.15) is 0 Å². The summed E-state index contributed by atoms with van der Waals surface area (Å²) in [6, 6.07) is 10.6. The van der Waals surface area contributed by atoms with E-state index in [0.29, 0.717) is 0 Å². The lowest BCUT2D eigenvalue weighted by molar-refractivity contribution is 1.19. The van der Waals surface area contributed by atoms with E-state index in [2.05, 4.69) is 46.9 Å². The molecule has 0 aliphatic heterocycles. The van der Waals surface area contributed by atoms with Gasteiger partial charge in [-0.15, -0.1) is 0 Å². The van der Waals surface area contributed by atoms with E-state index in [1.165, 1.54) is 16.1 Å². The molecule has 1 N–H and O–H groups in total. The number of nitrogens with zero attached hydrogens (tertiary/aromatic N) is 1. The summed E-state index contributed by atoms with van der Waals surface area (Å²) in [6.45, 7) is 3.07. The van der Waals surface area contributed by atoms with Gasteiger partial charge in [0, 0.05) is 29.7 Å². The lowest BCUT2D eigenvalue weighted by atomic mass is 10.1. The summed E-state index contributed by atoms with van der Waals surface area (Å²) in [4.78, 5) is 1.31. The van der Waals surface area contributed by atoms with Gasteiger partial charge in [-0.1, -0.05) is 12.1 Å². The fraction of sp³-hybridized carbons (Fsp3) is 0.250. The van der Waals surface area contributed by atoms with Crippen molar-refractivity contribution >= 4 is 17.2 Å². The van der Waals surface area contributed by atoms with Crippen LogP contribution >= 0.6 is 11.5 Å². The molecule has 0 amide bonds. The SMILES string of the molecule is CCNc1cccc(Cc2ccns2)c1. The second kappa shape index (κ2) is 4.94. The summed E-state index contributed by atoms with van der Waals surface area (Å²) in [6.07, 6.45) is 2.83. The van der Waals surface area contributed by atoms with Gasteiger partial charge in [0.25, 0.3) is 0 Å². The second-order valence-corrected chi connectivity index (χ2v) is 4.30. The maximum atomic E-state index is 4.10. The highest BCUT2D eigenvalue weighted by Gasteiger charge is 1.98. The average Bonchev–Trinajstić information content (AvgIpc) is 2.71. The third-order valence-corrected chi connectivity index (χ3v) is 2.92. The van der Waals surface area contributed by atoms with E-state index in [4.69, 9.17) is 0 Å². The molecule has 2 rings (SSSR count). The first kappa shape index (κ1) is 10.2. The van der Waals surface area contributed by atoms with Crippen LogP contribution in [0.1, 0.15) is 17.4 Å². The third-order valence-electron chi connectivity index (χ3n) is 2.18. The van der Waals surface area contributed by atoms with E-state index in [1.54, 1.807) is 11.5 Å². The van der Waals surface area contributed by atoms with Crippen LogP contribution in [0.2, 0.25) is 0 Å². The summed E-state index contributed by atoms with van der Waals surface area (Å²) < 4.78 is 4.10. The van der Waals surface area contributed by atoms with Crippen LogP contribution < -0.4 is 5.32 Å². The normalized spacial score (nSPS) is 10.2. The summed E-state index contributed by atoms with van der Waals surface area (Å²) in [5.74, 6) is 0. The van der Waals surface area contributed by atoms with Crippen LogP contribution in [0.3, 0.4) is 0 Å². The molecule has 78 valence electrons. The molecule has 0 radical (unpaired) electrons. The maximum absolute atomic E-state index is 4.10. The molecule has 0 spiro atoms. The van der Waals surface area contributed by atoms with Crippen molar-refractivity contribution in [1.29, 1.82) is 0 Å². The van der Waals surface area contributed by atoms with Gasteiger partial charge < -0.3 is 5.32 Å². The predicted molar refractivity (Wildman–Crippen MR) is 65.5 cm³/mol. The van der Waals surface area contributed by atoms with Gasteiger partial charge in [-0.05, 0) is 42.2 Å². The smallest absolute Gasteiger partial charge is 0.0409 e. The molecule has 2 aromatic rings. The van der Waals surface area contributed by atoms with Crippen LogP contribution in [-0.4, -0.2) is 10.9 Å². The predicted octanol–water partition coefficient (Wildman–Crippen LogP) is 3.17. The lowest BCUT2D eigenvalue weighted by Crippen LogP contribution is -1.96. The first-order valence-electron chi connectivity index (χ1n) is 5.11. The molecule has 1 aromatic carbocycles. The zero-order valence-electron chi connectivity index (χ0n) is 8.73. The van der Waals surface area contributed by atoms with Crippen LogP contribution in [0.25, 0.3) is 0 Å². The molecule has 1 heterocycles. The molecule has 15 heavy (non-hydrogen) atoms. The van der Waals surface area contributed by atoms with Gasteiger partial charge in [0.1, 0.15) is 0 Å². The van der Waals surface area contributed by atoms with Crippen molar-refractivity contribution in [1.82, 2.24) is 4.37 Å². The Kier molecular flexibility index (Phi) is 3.35. The largest absolute Gasteiger partial charge is 0.385 e. The van der Waals surface area contributed by atoms with Crippen molar-refractivity contribution in [3.05, 3.63) is 47.0 Å². The Bertz CT molecular complexity index is 409. The molecule has 0 fully saturated rings. The summed E-state index contributed by atoms with van der Waals surface area (Å²) in [5, 5.41) is 3.32. The van der Waals surface area contributed by atoms with E-state index >= 15 is 0 Å². The first-order chi connectivity index (χ1) is 7.38. The minimum atomic E-state index is 0.962.